The predicted octanol–water partition coefficient (Wildman–Crippen LogP) is 2.71. The van der Waals surface area contributed by atoms with Gasteiger partial charge in [-0.2, -0.15) is 0 Å². The lowest BCUT2D eigenvalue weighted by atomic mass is 10.1. The van der Waals surface area contributed by atoms with Crippen LogP contribution in [0.4, 0.5) is 0 Å². The lowest BCUT2D eigenvalue weighted by Crippen LogP contribution is -2.30. The molecule has 1 unspecified atom stereocenters. The number of hydrogen-bond acceptors (Lipinski definition) is 3. The molecule has 20 heavy (non-hydrogen) atoms. The third-order valence-electron chi connectivity index (χ3n) is 2.90. The molecule has 0 fully saturated rings. The zero-order valence-electron chi connectivity index (χ0n) is 12.0. The minimum absolute atomic E-state index is 0.134. The van der Waals surface area contributed by atoms with Gasteiger partial charge < -0.3 is 5.32 Å². The second kappa shape index (κ2) is 8.62. The largest absolute Gasteiger partial charge is 0.317 e. The fourth-order valence-corrected chi connectivity index (χ4v) is 3.38. The normalized spacial score (nSPS) is 13.3. The monoisotopic (exact) mass is 318 g/mol. The molecule has 1 aromatic carbocycles. The fourth-order valence-electron chi connectivity index (χ4n) is 1.86. The maximum Gasteiger partial charge on any atom is 0.212 e. The third-order valence-corrected chi connectivity index (χ3v) is 4.67. The van der Waals surface area contributed by atoms with Crippen LogP contribution in [0.1, 0.15) is 38.3 Å². The van der Waals surface area contributed by atoms with Gasteiger partial charge in [0, 0.05) is 11.1 Å². The maximum absolute atomic E-state index is 12.0. The average Bonchev–Trinajstić information content (AvgIpc) is 2.38. The molecule has 114 valence electrons. The van der Waals surface area contributed by atoms with E-state index in [1.54, 1.807) is 12.1 Å². The first-order valence-corrected chi connectivity index (χ1v) is 8.94. The summed E-state index contributed by atoms with van der Waals surface area (Å²) in [5.41, 5.74) is 0.866. The number of rotatable bonds is 9. The number of sulfonamides is 1. The van der Waals surface area contributed by atoms with Crippen LogP contribution in [-0.4, -0.2) is 27.3 Å². The Morgan fingerprint density at radius 2 is 2.05 bits per heavy atom. The zero-order valence-corrected chi connectivity index (χ0v) is 13.6. The molecule has 0 aliphatic heterocycles. The van der Waals surface area contributed by atoms with Gasteiger partial charge in [-0.15, -0.1) is 0 Å². The first-order chi connectivity index (χ1) is 9.44. The van der Waals surface area contributed by atoms with Crippen LogP contribution >= 0.6 is 11.6 Å². The highest BCUT2D eigenvalue weighted by molar-refractivity contribution is 7.89. The Hall–Kier alpha value is -0.620. The van der Waals surface area contributed by atoms with Crippen LogP contribution in [0.15, 0.2) is 24.3 Å². The van der Waals surface area contributed by atoms with E-state index in [2.05, 4.69) is 17.0 Å². The zero-order chi connectivity index (χ0) is 15.0. The molecule has 6 heteroatoms. The van der Waals surface area contributed by atoms with Crippen molar-refractivity contribution in [1.29, 1.82) is 0 Å². The molecule has 0 bridgehead atoms. The fraction of sp³-hybridized carbons (Fsp3) is 0.571. The molecule has 1 aromatic rings. The highest BCUT2D eigenvalue weighted by atomic mass is 35.5. The summed E-state index contributed by atoms with van der Waals surface area (Å²) in [7, 11) is -3.26. The van der Waals surface area contributed by atoms with Gasteiger partial charge >= 0.3 is 0 Å². The van der Waals surface area contributed by atoms with Gasteiger partial charge in [-0.3, -0.25) is 0 Å². The van der Waals surface area contributed by atoms with E-state index in [9.17, 15) is 8.42 Å². The SMILES string of the molecule is CCCNCCCS(=O)(=O)NC(C)c1cccc(Cl)c1. The molecule has 0 aliphatic carbocycles. The van der Waals surface area contributed by atoms with Gasteiger partial charge in [-0.25, -0.2) is 13.1 Å². The standard InChI is InChI=1S/C14H23ClN2O2S/c1-3-8-16-9-5-10-20(18,19)17-12(2)13-6-4-7-14(15)11-13/h4,6-7,11-12,16-17H,3,5,8-10H2,1-2H3. The van der Waals surface area contributed by atoms with Crippen LogP contribution in [0, 0.1) is 0 Å². The molecule has 0 saturated carbocycles. The molecule has 0 saturated heterocycles. The molecule has 0 aromatic heterocycles. The van der Waals surface area contributed by atoms with Crippen LogP contribution < -0.4 is 10.0 Å². The van der Waals surface area contributed by atoms with Gasteiger partial charge in [0.1, 0.15) is 0 Å². The summed E-state index contributed by atoms with van der Waals surface area (Å²) in [4.78, 5) is 0. The summed E-state index contributed by atoms with van der Waals surface area (Å²) in [5, 5.41) is 3.80. The Bertz CT molecular complexity index is 506. The van der Waals surface area contributed by atoms with Gasteiger partial charge in [-0.05, 0) is 50.6 Å². The van der Waals surface area contributed by atoms with Crippen molar-refractivity contribution >= 4 is 21.6 Å². The molecule has 0 heterocycles. The van der Waals surface area contributed by atoms with Crippen molar-refractivity contribution < 1.29 is 8.42 Å². The predicted molar refractivity (Wildman–Crippen MR) is 84.6 cm³/mol. The quantitative estimate of drug-likeness (QED) is 0.688. The summed E-state index contributed by atoms with van der Waals surface area (Å²) in [6.07, 6.45) is 1.66. The Kier molecular flexibility index (Phi) is 7.51. The Labute approximate surface area is 127 Å². The maximum atomic E-state index is 12.0. The van der Waals surface area contributed by atoms with Crippen molar-refractivity contribution in [2.45, 2.75) is 32.7 Å². The Morgan fingerprint density at radius 3 is 2.70 bits per heavy atom. The molecule has 2 N–H and O–H groups in total. The van der Waals surface area contributed by atoms with Crippen molar-refractivity contribution in [2.75, 3.05) is 18.8 Å². The van der Waals surface area contributed by atoms with E-state index >= 15 is 0 Å². The minimum Gasteiger partial charge on any atom is -0.317 e. The minimum atomic E-state index is -3.26. The van der Waals surface area contributed by atoms with Crippen LogP contribution in [0.2, 0.25) is 5.02 Å². The highest BCUT2D eigenvalue weighted by Gasteiger charge is 2.15. The lowest BCUT2D eigenvalue weighted by molar-refractivity contribution is 0.561. The van der Waals surface area contributed by atoms with Gasteiger partial charge in [-0.1, -0.05) is 30.7 Å². The average molecular weight is 319 g/mol. The number of nitrogens with one attached hydrogen (secondary N) is 2. The van der Waals surface area contributed by atoms with E-state index in [-0.39, 0.29) is 11.8 Å². The molecular weight excluding hydrogens is 296 g/mol. The van der Waals surface area contributed by atoms with E-state index < -0.39 is 10.0 Å². The second-order valence-electron chi connectivity index (χ2n) is 4.82. The second-order valence-corrected chi connectivity index (χ2v) is 7.13. The van der Waals surface area contributed by atoms with Crippen LogP contribution in [-0.2, 0) is 10.0 Å². The number of benzene rings is 1. The molecule has 0 radical (unpaired) electrons. The van der Waals surface area contributed by atoms with Crippen molar-refractivity contribution in [1.82, 2.24) is 10.0 Å². The first kappa shape index (κ1) is 17.4. The lowest BCUT2D eigenvalue weighted by Gasteiger charge is -2.15. The van der Waals surface area contributed by atoms with Crippen molar-refractivity contribution in [3.05, 3.63) is 34.9 Å². The number of hydrogen-bond donors (Lipinski definition) is 2. The Balaban J connectivity index is 2.45. The molecular formula is C14H23ClN2O2S. The topological polar surface area (TPSA) is 58.2 Å². The first-order valence-electron chi connectivity index (χ1n) is 6.91. The van der Waals surface area contributed by atoms with Gasteiger partial charge in [0.15, 0.2) is 0 Å². The van der Waals surface area contributed by atoms with Crippen molar-refractivity contribution in [3.63, 3.8) is 0 Å². The molecule has 1 rings (SSSR count). The van der Waals surface area contributed by atoms with E-state index in [0.717, 1.165) is 25.1 Å². The van der Waals surface area contributed by atoms with Gasteiger partial charge in [0.2, 0.25) is 10.0 Å². The van der Waals surface area contributed by atoms with E-state index in [0.29, 0.717) is 11.4 Å². The van der Waals surface area contributed by atoms with E-state index in [1.165, 1.54) is 0 Å². The van der Waals surface area contributed by atoms with E-state index in [1.807, 2.05) is 19.1 Å². The van der Waals surface area contributed by atoms with Crippen molar-refractivity contribution in [2.24, 2.45) is 0 Å². The summed E-state index contributed by atoms with van der Waals surface area (Å²) in [6, 6.07) is 6.95. The van der Waals surface area contributed by atoms with Crippen LogP contribution in [0.25, 0.3) is 0 Å². The van der Waals surface area contributed by atoms with Crippen LogP contribution in [0.5, 0.6) is 0 Å². The smallest absolute Gasteiger partial charge is 0.212 e. The summed E-state index contributed by atoms with van der Waals surface area (Å²) in [6.45, 7) is 5.54. The highest BCUT2D eigenvalue weighted by Crippen LogP contribution is 2.18. The molecule has 4 nitrogen and oxygen atoms in total. The molecule has 0 aliphatic rings. The Morgan fingerprint density at radius 1 is 1.30 bits per heavy atom. The van der Waals surface area contributed by atoms with E-state index in [4.69, 9.17) is 11.6 Å². The molecule has 1 atom stereocenters. The third kappa shape index (κ3) is 6.70. The van der Waals surface area contributed by atoms with Crippen molar-refractivity contribution in [3.8, 4) is 0 Å². The molecule has 0 amide bonds. The van der Waals surface area contributed by atoms with Gasteiger partial charge in [0.05, 0.1) is 5.75 Å². The van der Waals surface area contributed by atoms with Gasteiger partial charge in [0.25, 0.3) is 0 Å². The summed E-state index contributed by atoms with van der Waals surface area (Å²) in [5.74, 6) is 0.134. The molecule has 0 spiro atoms. The summed E-state index contributed by atoms with van der Waals surface area (Å²) < 4.78 is 26.6. The summed E-state index contributed by atoms with van der Waals surface area (Å²) >= 11 is 5.91. The van der Waals surface area contributed by atoms with Crippen LogP contribution in [0.3, 0.4) is 0 Å². The number of halogens is 1.